The van der Waals surface area contributed by atoms with Gasteiger partial charge in [0.15, 0.2) is 0 Å². The molecule has 5 heterocycles. The Balaban J connectivity index is 1.46. The van der Waals surface area contributed by atoms with Crippen molar-refractivity contribution in [2.24, 2.45) is 14.1 Å². The van der Waals surface area contributed by atoms with E-state index in [1.54, 1.807) is 40.0 Å². The average molecular weight is 594 g/mol. The van der Waals surface area contributed by atoms with Gasteiger partial charge in [-0.1, -0.05) is 23.7 Å². The standard InChI is InChI=1S/C34H32ClN5O3/c1-21-27-18-31(37(21)2)28-17-23(35)7-12-29(28)39-15-13-26-22(20-39)5-4-6-33(26)43-16-14-30-32(19-36-38(30)3)40(34(27)42)24-8-10-25(41)11-9-24/h4-12,17-19,41H,13-16,20H2,1-3H3. The van der Waals surface area contributed by atoms with Crippen molar-refractivity contribution in [3.05, 3.63) is 106 Å². The Morgan fingerprint density at radius 3 is 2.58 bits per heavy atom. The van der Waals surface area contributed by atoms with Crippen molar-refractivity contribution < 1.29 is 14.6 Å². The van der Waals surface area contributed by atoms with E-state index in [0.717, 1.165) is 53.6 Å². The number of hydrogen-bond donors (Lipinski definition) is 1. The van der Waals surface area contributed by atoms with Crippen molar-refractivity contribution in [2.45, 2.75) is 26.3 Å². The molecule has 0 saturated carbocycles. The van der Waals surface area contributed by atoms with Crippen molar-refractivity contribution in [3.8, 4) is 22.8 Å². The molecule has 2 aromatic heterocycles. The second-order valence-electron chi connectivity index (χ2n) is 11.2. The van der Waals surface area contributed by atoms with E-state index in [9.17, 15) is 9.90 Å². The summed E-state index contributed by atoms with van der Waals surface area (Å²) >= 11 is 6.59. The molecule has 1 amide bonds. The van der Waals surface area contributed by atoms with E-state index < -0.39 is 0 Å². The molecule has 0 fully saturated rings. The highest BCUT2D eigenvalue weighted by atomic mass is 35.5. The Labute approximate surface area is 255 Å². The molecule has 0 unspecified atom stereocenters. The average Bonchev–Trinajstić information content (AvgIpc) is 3.51. The molecule has 3 aliphatic rings. The predicted molar refractivity (Wildman–Crippen MR) is 169 cm³/mol. The zero-order valence-electron chi connectivity index (χ0n) is 24.3. The van der Waals surface area contributed by atoms with Gasteiger partial charge < -0.3 is 19.3 Å². The second kappa shape index (κ2) is 10.5. The third-order valence-electron chi connectivity index (χ3n) is 8.75. The second-order valence-corrected chi connectivity index (χ2v) is 11.6. The number of carbonyl (C=O) groups excluding carboxylic acids is 1. The Hall–Kier alpha value is -4.69. The number of phenolic OH excluding ortho intramolecular Hbond substituents is 1. The Kier molecular flexibility index (Phi) is 6.66. The summed E-state index contributed by atoms with van der Waals surface area (Å²) in [4.78, 5) is 18.7. The van der Waals surface area contributed by atoms with Gasteiger partial charge >= 0.3 is 0 Å². The largest absolute Gasteiger partial charge is 0.508 e. The minimum Gasteiger partial charge on any atom is -0.508 e. The van der Waals surface area contributed by atoms with Crippen LogP contribution in [-0.4, -0.2) is 38.5 Å². The number of aromatic hydroxyl groups is 1. The first-order valence-electron chi connectivity index (χ1n) is 14.4. The zero-order chi connectivity index (χ0) is 29.8. The molecule has 6 bridgehead atoms. The van der Waals surface area contributed by atoms with E-state index >= 15 is 0 Å². The van der Waals surface area contributed by atoms with E-state index in [1.807, 2.05) is 45.3 Å². The van der Waals surface area contributed by atoms with Crippen molar-refractivity contribution in [1.29, 1.82) is 0 Å². The van der Waals surface area contributed by atoms with Crippen molar-refractivity contribution in [2.75, 3.05) is 23.0 Å². The van der Waals surface area contributed by atoms with Crippen LogP contribution in [0.1, 0.15) is 32.9 Å². The molecule has 0 aliphatic carbocycles. The van der Waals surface area contributed by atoms with E-state index in [-0.39, 0.29) is 11.7 Å². The van der Waals surface area contributed by atoms with Crippen LogP contribution in [0.25, 0.3) is 11.3 Å². The Morgan fingerprint density at radius 2 is 1.77 bits per heavy atom. The number of benzene rings is 3. The third-order valence-corrected chi connectivity index (χ3v) is 8.99. The summed E-state index contributed by atoms with van der Waals surface area (Å²) in [6.07, 6.45) is 3.13. The lowest BCUT2D eigenvalue weighted by atomic mass is 9.97. The van der Waals surface area contributed by atoms with Gasteiger partial charge in [0, 0.05) is 66.8 Å². The maximum absolute atomic E-state index is 14.6. The number of ether oxygens (including phenoxy) is 1. The van der Waals surface area contributed by atoms with Gasteiger partial charge in [-0.05, 0) is 73.5 Å². The van der Waals surface area contributed by atoms with Gasteiger partial charge in [0.2, 0.25) is 0 Å². The van der Waals surface area contributed by atoms with E-state index in [2.05, 4.69) is 32.8 Å². The van der Waals surface area contributed by atoms with Gasteiger partial charge in [-0.15, -0.1) is 0 Å². The molecule has 9 heteroatoms. The molecule has 0 saturated heterocycles. The molecule has 218 valence electrons. The topological polar surface area (TPSA) is 75.8 Å². The highest BCUT2D eigenvalue weighted by Gasteiger charge is 2.30. The Bertz CT molecular complexity index is 1870. The molecule has 0 spiro atoms. The van der Waals surface area contributed by atoms with Gasteiger partial charge in [0.25, 0.3) is 5.91 Å². The molecule has 3 aliphatic heterocycles. The minimum atomic E-state index is -0.191. The first-order chi connectivity index (χ1) is 20.8. The Morgan fingerprint density at radius 1 is 0.953 bits per heavy atom. The molecule has 3 aromatic carbocycles. The van der Waals surface area contributed by atoms with Crippen LogP contribution >= 0.6 is 11.6 Å². The molecule has 8 rings (SSSR count). The normalized spacial score (nSPS) is 14.7. The van der Waals surface area contributed by atoms with Crippen LogP contribution in [0.3, 0.4) is 0 Å². The summed E-state index contributed by atoms with van der Waals surface area (Å²) in [7, 11) is 3.87. The van der Waals surface area contributed by atoms with Crippen LogP contribution in [0, 0.1) is 6.92 Å². The first-order valence-corrected chi connectivity index (χ1v) is 14.8. The summed E-state index contributed by atoms with van der Waals surface area (Å²) in [6.45, 7) is 3.97. The lowest BCUT2D eigenvalue weighted by Crippen LogP contribution is -2.31. The number of rotatable bonds is 1. The third kappa shape index (κ3) is 4.62. The number of fused-ring (bicyclic) bond motifs is 4. The number of nitrogens with zero attached hydrogens (tertiary/aromatic N) is 5. The lowest BCUT2D eigenvalue weighted by molar-refractivity contribution is 0.0998. The van der Waals surface area contributed by atoms with Crippen LogP contribution < -0.4 is 14.5 Å². The first kappa shape index (κ1) is 27.2. The van der Waals surface area contributed by atoms with E-state index in [4.69, 9.17) is 16.3 Å². The number of halogens is 1. The highest BCUT2D eigenvalue weighted by molar-refractivity contribution is 6.31. The quantitative estimate of drug-likeness (QED) is 0.238. The summed E-state index contributed by atoms with van der Waals surface area (Å²) < 4.78 is 10.3. The van der Waals surface area contributed by atoms with Gasteiger partial charge in [-0.25, -0.2) is 0 Å². The molecule has 43 heavy (non-hydrogen) atoms. The monoisotopic (exact) mass is 593 g/mol. The molecule has 1 N–H and O–H groups in total. The number of aryl methyl sites for hydroxylation is 1. The number of amides is 1. The number of anilines is 3. The molecule has 5 aromatic rings. The number of hydrogen-bond acceptors (Lipinski definition) is 5. The minimum absolute atomic E-state index is 0.126. The fourth-order valence-electron chi connectivity index (χ4n) is 6.35. The summed E-state index contributed by atoms with van der Waals surface area (Å²) in [5.41, 5.74) is 8.99. The SMILES string of the molecule is Cc1c2cc(n1C)-c1cc(Cl)ccc1N1CCc3c(cccc3OCCc3c(cnn3C)N(c3ccc(O)cc3)C2=O)C1. The molecule has 0 atom stereocenters. The molecule has 8 nitrogen and oxygen atoms in total. The fraction of sp³-hybridized carbons (Fsp3) is 0.235. The van der Waals surface area contributed by atoms with Gasteiger partial charge in [-0.2, -0.15) is 5.10 Å². The zero-order valence-corrected chi connectivity index (χ0v) is 25.1. The number of carbonyl (C=O) groups is 1. The van der Waals surface area contributed by atoms with Crippen molar-refractivity contribution >= 4 is 34.6 Å². The van der Waals surface area contributed by atoms with E-state index in [1.165, 1.54) is 11.1 Å². The number of phenols is 1. The van der Waals surface area contributed by atoms with Crippen LogP contribution in [0.4, 0.5) is 17.1 Å². The van der Waals surface area contributed by atoms with Gasteiger partial charge in [-0.3, -0.25) is 14.4 Å². The highest BCUT2D eigenvalue weighted by Crippen LogP contribution is 2.40. The number of aromatic nitrogens is 3. The van der Waals surface area contributed by atoms with Gasteiger partial charge in [0.05, 0.1) is 35.4 Å². The maximum Gasteiger partial charge on any atom is 0.264 e. The van der Waals surface area contributed by atoms with Crippen molar-refractivity contribution in [1.82, 2.24) is 14.3 Å². The predicted octanol–water partition coefficient (Wildman–Crippen LogP) is 6.57. The van der Waals surface area contributed by atoms with Crippen molar-refractivity contribution in [3.63, 3.8) is 0 Å². The van der Waals surface area contributed by atoms with Crippen LogP contribution in [-0.2, 0) is 33.5 Å². The van der Waals surface area contributed by atoms with E-state index in [0.29, 0.717) is 35.0 Å². The molecule has 0 radical (unpaired) electrons. The fourth-order valence-corrected chi connectivity index (χ4v) is 6.52. The van der Waals surface area contributed by atoms with Crippen LogP contribution in [0.5, 0.6) is 11.5 Å². The summed E-state index contributed by atoms with van der Waals surface area (Å²) in [5, 5.41) is 15.2. The summed E-state index contributed by atoms with van der Waals surface area (Å²) in [5.74, 6) is 0.833. The van der Waals surface area contributed by atoms with Crippen LogP contribution in [0.2, 0.25) is 5.02 Å². The molecular weight excluding hydrogens is 562 g/mol. The maximum atomic E-state index is 14.6. The van der Waals surface area contributed by atoms with Crippen LogP contribution in [0.15, 0.2) is 72.9 Å². The summed E-state index contributed by atoms with van der Waals surface area (Å²) in [6, 6.07) is 20.9. The smallest absolute Gasteiger partial charge is 0.264 e. The lowest BCUT2D eigenvalue weighted by Gasteiger charge is -2.33. The molecular formula is C34H32ClN5O3. The van der Waals surface area contributed by atoms with Gasteiger partial charge in [0.1, 0.15) is 11.5 Å².